The first-order valence-electron chi connectivity index (χ1n) is 13.5. The zero-order chi connectivity index (χ0) is 27.3. The Bertz CT molecular complexity index is 1660. The minimum absolute atomic E-state index is 0.157. The van der Waals surface area contributed by atoms with Gasteiger partial charge in [-0.15, -0.1) is 0 Å². The molecule has 0 unspecified atom stereocenters. The number of amides is 2. The number of H-pyrrole nitrogens is 1. The number of benzene rings is 2. The zero-order valence-corrected chi connectivity index (χ0v) is 22.6. The fraction of sp³-hybridized carbons (Fsp3) is 0.312. The first-order chi connectivity index (χ1) is 18.6. The Balaban J connectivity index is 1.41. The van der Waals surface area contributed by atoms with E-state index in [1.165, 1.54) is 4.90 Å². The van der Waals surface area contributed by atoms with E-state index in [1.54, 1.807) is 11.1 Å². The number of nitrogens with zero attached hydrogens (tertiary/aromatic N) is 3. The molecule has 2 N–H and O–H groups in total. The van der Waals surface area contributed by atoms with Crippen molar-refractivity contribution in [3.05, 3.63) is 95.0 Å². The summed E-state index contributed by atoms with van der Waals surface area (Å²) >= 11 is 0. The fourth-order valence-corrected chi connectivity index (χ4v) is 6.82. The number of allylic oxidation sites excluding steroid dienone is 2. The third kappa shape index (κ3) is 3.20. The molecule has 198 valence electrons. The van der Waals surface area contributed by atoms with E-state index in [-0.39, 0.29) is 18.2 Å². The molecule has 7 nitrogen and oxygen atoms in total. The molecule has 4 aliphatic heterocycles. The topological polar surface area (TPSA) is 79.9 Å². The molecule has 0 aliphatic carbocycles. The van der Waals surface area contributed by atoms with Crippen LogP contribution in [0.5, 0.6) is 0 Å². The smallest absolute Gasteiger partial charge is 0.273 e. The van der Waals surface area contributed by atoms with Crippen molar-refractivity contribution in [2.45, 2.75) is 57.3 Å². The predicted octanol–water partition coefficient (Wildman–Crippen LogP) is 4.76. The number of hydrogen-bond acceptors (Lipinski definition) is 4. The van der Waals surface area contributed by atoms with E-state index < -0.39 is 23.2 Å². The number of fused-ring (bicyclic) bond motifs is 9. The lowest BCUT2D eigenvalue weighted by molar-refractivity contribution is -0.148. The Labute approximate surface area is 227 Å². The summed E-state index contributed by atoms with van der Waals surface area (Å²) in [4.78, 5) is 37.4. The first-order valence-corrected chi connectivity index (χ1v) is 13.5. The number of rotatable bonds is 2. The van der Waals surface area contributed by atoms with Crippen LogP contribution < -0.4 is 4.90 Å². The van der Waals surface area contributed by atoms with Crippen LogP contribution in [0.3, 0.4) is 0 Å². The second-order valence-electron chi connectivity index (χ2n) is 11.9. The maximum atomic E-state index is 14.5. The number of aliphatic hydroxyl groups is 1. The summed E-state index contributed by atoms with van der Waals surface area (Å²) in [5.74, 6) is -0.449. The van der Waals surface area contributed by atoms with Crippen molar-refractivity contribution < 1.29 is 14.7 Å². The Morgan fingerprint density at radius 2 is 1.85 bits per heavy atom. The number of para-hydroxylation sites is 2. The van der Waals surface area contributed by atoms with Crippen LogP contribution >= 0.6 is 0 Å². The molecular formula is C32H32N4O3. The third-order valence-corrected chi connectivity index (χ3v) is 8.75. The molecule has 0 spiro atoms. The van der Waals surface area contributed by atoms with Gasteiger partial charge in [-0.1, -0.05) is 68.0 Å². The van der Waals surface area contributed by atoms with Crippen LogP contribution in [0.2, 0.25) is 0 Å². The van der Waals surface area contributed by atoms with Gasteiger partial charge in [0.1, 0.15) is 23.5 Å². The van der Waals surface area contributed by atoms with E-state index in [9.17, 15) is 14.7 Å². The van der Waals surface area contributed by atoms with Gasteiger partial charge in [0.25, 0.3) is 11.8 Å². The molecule has 0 radical (unpaired) electrons. The van der Waals surface area contributed by atoms with E-state index in [1.807, 2.05) is 74.5 Å². The molecule has 0 bridgehead atoms. The highest BCUT2D eigenvalue weighted by Gasteiger charge is 2.65. The SMILES string of the molecule is CC(C)=CCN1c2ccccc2[C@]2(O)C[C@@H]3C(=O)N4/C=C\C(C)(C)c5[nH]c6ccccc6c5/C=C\4C(=O)N3[C@H]12. The third-order valence-electron chi connectivity index (χ3n) is 8.75. The van der Waals surface area contributed by atoms with Crippen LogP contribution in [-0.4, -0.2) is 50.5 Å². The van der Waals surface area contributed by atoms with E-state index >= 15 is 0 Å². The summed E-state index contributed by atoms with van der Waals surface area (Å²) in [5, 5.41) is 13.2. The molecule has 2 saturated heterocycles. The van der Waals surface area contributed by atoms with E-state index in [4.69, 9.17) is 0 Å². The molecule has 1 aromatic heterocycles. The minimum atomic E-state index is -1.35. The van der Waals surface area contributed by atoms with Crippen molar-refractivity contribution >= 4 is 34.5 Å². The van der Waals surface area contributed by atoms with Gasteiger partial charge >= 0.3 is 0 Å². The standard InChI is InChI=1S/C32H32N4O3/c1-19(2)13-15-35-24-12-8-6-10-22(24)32(39)18-26-28(37)34-16-14-31(3,4)27-21(20-9-5-7-11-23(20)33-27)17-25(34)29(38)36(26)30(32)35/h5-14,16-17,26,30,33,39H,15,18H2,1-4H3/b16-14-,25-17-/t26-,30+,32-/m1/s1. The maximum Gasteiger partial charge on any atom is 0.273 e. The number of carbonyl (C=O) groups is 2. The molecule has 7 rings (SSSR count). The van der Waals surface area contributed by atoms with Gasteiger partial charge < -0.3 is 19.9 Å². The van der Waals surface area contributed by atoms with Crippen molar-refractivity contribution in [2.24, 2.45) is 0 Å². The van der Waals surface area contributed by atoms with Gasteiger partial charge in [0.15, 0.2) is 0 Å². The summed E-state index contributed by atoms with van der Waals surface area (Å²) in [7, 11) is 0. The molecule has 0 saturated carbocycles. The van der Waals surface area contributed by atoms with Gasteiger partial charge in [0.05, 0.1) is 0 Å². The van der Waals surface area contributed by atoms with Crippen molar-refractivity contribution in [1.82, 2.24) is 14.8 Å². The maximum absolute atomic E-state index is 14.5. The average molecular weight is 521 g/mol. The summed E-state index contributed by atoms with van der Waals surface area (Å²) in [6.45, 7) is 8.79. The lowest BCUT2D eigenvalue weighted by Crippen LogP contribution is -2.60. The molecule has 3 aromatic rings. The second kappa shape index (κ2) is 7.96. The summed E-state index contributed by atoms with van der Waals surface area (Å²) in [5.41, 5.74) is 4.25. The molecule has 39 heavy (non-hydrogen) atoms. The summed E-state index contributed by atoms with van der Waals surface area (Å²) in [6, 6.07) is 15.0. The highest BCUT2D eigenvalue weighted by molar-refractivity contribution is 6.10. The minimum Gasteiger partial charge on any atom is -0.381 e. The van der Waals surface area contributed by atoms with Crippen LogP contribution in [0.1, 0.15) is 50.9 Å². The zero-order valence-electron chi connectivity index (χ0n) is 22.6. The van der Waals surface area contributed by atoms with E-state index in [2.05, 4.69) is 29.8 Å². The normalized spacial score (nSPS) is 28.5. The van der Waals surface area contributed by atoms with Crippen LogP contribution in [-0.2, 0) is 20.6 Å². The first kappa shape index (κ1) is 24.0. The Hall–Kier alpha value is -4.10. The summed E-state index contributed by atoms with van der Waals surface area (Å²) in [6.07, 6.45) is 7.15. The molecule has 2 aromatic carbocycles. The Morgan fingerprint density at radius 1 is 1.10 bits per heavy atom. The predicted molar refractivity (Wildman–Crippen MR) is 151 cm³/mol. The fourth-order valence-electron chi connectivity index (χ4n) is 6.82. The van der Waals surface area contributed by atoms with Gasteiger partial charge in [-0.2, -0.15) is 0 Å². The number of anilines is 1. The van der Waals surface area contributed by atoms with Crippen LogP contribution in [0.25, 0.3) is 17.0 Å². The molecule has 7 heteroatoms. The largest absolute Gasteiger partial charge is 0.381 e. The number of aromatic amines is 1. The molecule has 3 atom stereocenters. The van der Waals surface area contributed by atoms with Crippen LogP contribution in [0.15, 0.2) is 78.2 Å². The monoisotopic (exact) mass is 520 g/mol. The molecule has 2 fully saturated rings. The van der Waals surface area contributed by atoms with E-state index in [0.717, 1.165) is 39.0 Å². The van der Waals surface area contributed by atoms with E-state index in [0.29, 0.717) is 12.2 Å². The molecule has 4 aliphatic rings. The molecule has 2 amide bonds. The second-order valence-corrected chi connectivity index (χ2v) is 11.9. The average Bonchev–Trinajstić information content (AvgIpc) is 3.50. The number of aromatic nitrogens is 1. The number of nitrogens with one attached hydrogen (secondary N) is 1. The van der Waals surface area contributed by atoms with Crippen molar-refractivity contribution in [3.8, 4) is 0 Å². The van der Waals surface area contributed by atoms with Gasteiger partial charge in [-0.3, -0.25) is 14.5 Å². The highest BCUT2D eigenvalue weighted by atomic mass is 16.3. The quantitative estimate of drug-likeness (QED) is 0.478. The lowest BCUT2D eigenvalue weighted by Gasteiger charge is -2.42. The number of carbonyl (C=O) groups excluding carboxylic acids is 2. The van der Waals surface area contributed by atoms with Crippen molar-refractivity contribution in [3.63, 3.8) is 0 Å². The van der Waals surface area contributed by atoms with Gasteiger partial charge in [0, 0.05) is 58.0 Å². The van der Waals surface area contributed by atoms with Gasteiger partial charge in [-0.25, -0.2) is 0 Å². The lowest BCUT2D eigenvalue weighted by atomic mass is 9.85. The Morgan fingerprint density at radius 3 is 2.64 bits per heavy atom. The van der Waals surface area contributed by atoms with Gasteiger partial charge in [-0.05, 0) is 32.1 Å². The molecular weight excluding hydrogens is 488 g/mol. The Kier molecular flexibility index (Phi) is 4.89. The molecule has 5 heterocycles. The van der Waals surface area contributed by atoms with Gasteiger partial charge in [0.2, 0.25) is 0 Å². The van der Waals surface area contributed by atoms with Crippen LogP contribution in [0.4, 0.5) is 5.69 Å². The number of hydrogen-bond donors (Lipinski definition) is 2. The van der Waals surface area contributed by atoms with Crippen molar-refractivity contribution in [1.29, 1.82) is 0 Å². The summed E-state index contributed by atoms with van der Waals surface area (Å²) < 4.78 is 0. The highest BCUT2D eigenvalue weighted by Crippen LogP contribution is 2.54. The van der Waals surface area contributed by atoms with Crippen LogP contribution in [0, 0.1) is 0 Å². The van der Waals surface area contributed by atoms with Crippen molar-refractivity contribution in [2.75, 3.05) is 11.4 Å². The number of piperazine rings is 1.